The smallest absolute Gasteiger partial charge is 0.249 e. The Balaban J connectivity index is 1.85. The maximum atomic E-state index is 11.9. The zero-order chi connectivity index (χ0) is 11.8. The molecule has 1 atom stereocenters. The van der Waals surface area contributed by atoms with Crippen LogP contribution in [0.2, 0.25) is 0 Å². The molecule has 2 aliphatic rings. The summed E-state index contributed by atoms with van der Waals surface area (Å²) in [4.78, 5) is 11.9. The fourth-order valence-corrected chi connectivity index (χ4v) is 2.31. The molecular formula is C12H21NO3. The van der Waals surface area contributed by atoms with E-state index in [1.54, 1.807) is 0 Å². The monoisotopic (exact) mass is 227 g/mol. The lowest BCUT2D eigenvalue weighted by Gasteiger charge is -2.22. The van der Waals surface area contributed by atoms with Crippen molar-refractivity contribution in [1.29, 1.82) is 0 Å². The van der Waals surface area contributed by atoms with E-state index in [0.717, 1.165) is 25.7 Å². The molecule has 0 aromatic rings. The van der Waals surface area contributed by atoms with Crippen molar-refractivity contribution < 1.29 is 14.6 Å². The van der Waals surface area contributed by atoms with Crippen LogP contribution in [-0.2, 0) is 9.53 Å². The second kappa shape index (κ2) is 4.00. The number of carbonyl (C=O) groups is 1. The average molecular weight is 227 g/mol. The van der Waals surface area contributed by atoms with Crippen molar-refractivity contribution in [3.05, 3.63) is 0 Å². The van der Waals surface area contributed by atoms with E-state index in [9.17, 15) is 4.79 Å². The summed E-state index contributed by atoms with van der Waals surface area (Å²) in [5.41, 5.74) is -0.294. The molecular weight excluding hydrogens is 206 g/mol. The van der Waals surface area contributed by atoms with Crippen molar-refractivity contribution in [2.45, 2.75) is 63.2 Å². The summed E-state index contributed by atoms with van der Waals surface area (Å²) in [6.07, 6.45) is 4.05. The van der Waals surface area contributed by atoms with E-state index >= 15 is 0 Å². The normalized spacial score (nSPS) is 30.1. The number of nitrogens with one attached hydrogen (secondary N) is 1. The molecule has 0 aromatic heterocycles. The molecule has 2 N–H and O–H groups in total. The van der Waals surface area contributed by atoms with Crippen molar-refractivity contribution in [2.24, 2.45) is 0 Å². The summed E-state index contributed by atoms with van der Waals surface area (Å²) in [6, 6.07) is 0. The van der Waals surface area contributed by atoms with Crippen LogP contribution in [0.3, 0.4) is 0 Å². The third kappa shape index (κ3) is 2.55. The molecule has 1 saturated heterocycles. The lowest BCUT2D eigenvalue weighted by atomic mass is 10.1. The van der Waals surface area contributed by atoms with Crippen LogP contribution in [0.5, 0.6) is 0 Å². The topological polar surface area (TPSA) is 58.6 Å². The Kier molecular flexibility index (Phi) is 2.97. The van der Waals surface area contributed by atoms with Gasteiger partial charge in [0.15, 0.2) is 0 Å². The number of aliphatic hydroxyl groups excluding tert-OH is 1. The molecule has 4 nitrogen and oxygen atoms in total. The molecule has 0 bridgehead atoms. The summed E-state index contributed by atoms with van der Waals surface area (Å²) in [5.74, 6) is -0.00322. The second-order valence-corrected chi connectivity index (χ2v) is 5.65. The van der Waals surface area contributed by atoms with E-state index in [4.69, 9.17) is 9.84 Å². The van der Waals surface area contributed by atoms with Gasteiger partial charge in [0, 0.05) is 12.1 Å². The van der Waals surface area contributed by atoms with Gasteiger partial charge >= 0.3 is 0 Å². The number of amides is 1. The minimum absolute atomic E-state index is 0.00322. The second-order valence-electron chi connectivity index (χ2n) is 5.65. The van der Waals surface area contributed by atoms with Gasteiger partial charge < -0.3 is 15.2 Å². The first-order chi connectivity index (χ1) is 7.46. The summed E-state index contributed by atoms with van der Waals surface area (Å²) in [5, 5.41) is 11.9. The Morgan fingerprint density at radius 3 is 2.56 bits per heavy atom. The summed E-state index contributed by atoms with van der Waals surface area (Å²) < 4.78 is 5.69. The van der Waals surface area contributed by atoms with Crippen molar-refractivity contribution in [1.82, 2.24) is 5.32 Å². The molecule has 1 aliphatic carbocycles. The van der Waals surface area contributed by atoms with Crippen LogP contribution in [0.4, 0.5) is 0 Å². The number of hydrogen-bond donors (Lipinski definition) is 2. The number of rotatable bonds is 4. The van der Waals surface area contributed by atoms with Gasteiger partial charge in [0.2, 0.25) is 5.91 Å². The first-order valence-electron chi connectivity index (χ1n) is 6.07. The van der Waals surface area contributed by atoms with Gasteiger partial charge in [-0.2, -0.15) is 0 Å². The fraction of sp³-hybridized carbons (Fsp3) is 0.917. The van der Waals surface area contributed by atoms with Crippen molar-refractivity contribution >= 4 is 5.91 Å². The highest BCUT2D eigenvalue weighted by Gasteiger charge is 2.46. The third-order valence-corrected chi connectivity index (χ3v) is 3.59. The maximum Gasteiger partial charge on any atom is 0.249 e. The molecule has 0 aromatic carbocycles. The molecule has 92 valence electrons. The number of aliphatic hydroxyl groups is 1. The summed E-state index contributed by atoms with van der Waals surface area (Å²) >= 11 is 0. The van der Waals surface area contributed by atoms with Crippen LogP contribution in [0.15, 0.2) is 0 Å². The molecule has 1 unspecified atom stereocenters. The number of ether oxygens (including phenoxy) is 1. The highest BCUT2D eigenvalue weighted by atomic mass is 16.5. The molecule has 4 heteroatoms. The molecule has 1 saturated carbocycles. The molecule has 1 amide bonds. The first-order valence-corrected chi connectivity index (χ1v) is 6.07. The molecule has 0 radical (unpaired) electrons. The molecule has 2 rings (SSSR count). The average Bonchev–Trinajstić information content (AvgIpc) is 2.82. The van der Waals surface area contributed by atoms with Crippen LogP contribution in [0, 0.1) is 0 Å². The van der Waals surface area contributed by atoms with Crippen LogP contribution >= 0.6 is 0 Å². The van der Waals surface area contributed by atoms with Gasteiger partial charge in [-0.1, -0.05) is 0 Å². The van der Waals surface area contributed by atoms with Crippen LogP contribution in [-0.4, -0.2) is 34.9 Å². The number of carbonyl (C=O) groups excluding carboxylic acids is 1. The Bertz CT molecular complexity index is 284. The minimum Gasteiger partial charge on any atom is -0.396 e. The van der Waals surface area contributed by atoms with Gasteiger partial charge in [0.05, 0.1) is 5.60 Å². The molecule has 0 spiro atoms. The predicted molar refractivity (Wildman–Crippen MR) is 60.0 cm³/mol. The van der Waals surface area contributed by atoms with Gasteiger partial charge in [0.1, 0.15) is 6.10 Å². The zero-order valence-electron chi connectivity index (χ0n) is 10.1. The number of hydrogen-bond acceptors (Lipinski definition) is 3. The van der Waals surface area contributed by atoms with Gasteiger partial charge in [-0.15, -0.1) is 0 Å². The van der Waals surface area contributed by atoms with Crippen molar-refractivity contribution in [3.63, 3.8) is 0 Å². The van der Waals surface area contributed by atoms with Crippen LogP contribution in [0.25, 0.3) is 0 Å². The van der Waals surface area contributed by atoms with E-state index in [1.807, 2.05) is 13.8 Å². The zero-order valence-corrected chi connectivity index (χ0v) is 10.1. The van der Waals surface area contributed by atoms with Crippen molar-refractivity contribution in [2.75, 3.05) is 6.61 Å². The fourth-order valence-electron chi connectivity index (χ4n) is 2.31. The lowest BCUT2D eigenvalue weighted by molar-refractivity contribution is -0.136. The van der Waals surface area contributed by atoms with Crippen molar-refractivity contribution in [3.8, 4) is 0 Å². The van der Waals surface area contributed by atoms with Gasteiger partial charge in [0.25, 0.3) is 0 Å². The van der Waals surface area contributed by atoms with E-state index in [-0.39, 0.29) is 29.8 Å². The first kappa shape index (κ1) is 11.9. The van der Waals surface area contributed by atoms with E-state index in [0.29, 0.717) is 6.42 Å². The predicted octanol–water partition coefficient (Wildman–Crippen LogP) is 0.975. The SMILES string of the molecule is CC1(C)CCC(C(=O)NC2(CCO)CC2)O1. The molecule has 1 heterocycles. The third-order valence-electron chi connectivity index (χ3n) is 3.59. The van der Waals surface area contributed by atoms with E-state index in [2.05, 4.69) is 5.32 Å². The molecule has 1 aliphatic heterocycles. The summed E-state index contributed by atoms with van der Waals surface area (Å²) in [6.45, 7) is 4.17. The van der Waals surface area contributed by atoms with Gasteiger partial charge in [-0.05, 0) is 46.0 Å². The van der Waals surface area contributed by atoms with Gasteiger partial charge in [-0.3, -0.25) is 4.79 Å². The standard InChI is InChI=1S/C12H21NO3/c1-11(2)4-3-9(16-11)10(15)13-12(5-6-12)7-8-14/h9,14H,3-8H2,1-2H3,(H,13,15). The quantitative estimate of drug-likeness (QED) is 0.752. The summed E-state index contributed by atoms with van der Waals surface area (Å²) in [7, 11) is 0. The Labute approximate surface area is 96.4 Å². The molecule has 16 heavy (non-hydrogen) atoms. The Morgan fingerprint density at radius 1 is 1.44 bits per heavy atom. The van der Waals surface area contributed by atoms with Crippen LogP contribution < -0.4 is 5.32 Å². The lowest BCUT2D eigenvalue weighted by Crippen LogP contribution is -2.44. The Hall–Kier alpha value is -0.610. The minimum atomic E-state index is -0.300. The van der Waals surface area contributed by atoms with E-state index < -0.39 is 0 Å². The Morgan fingerprint density at radius 2 is 2.12 bits per heavy atom. The van der Waals surface area contributed by atoms with Crippen LogP contribution in [0.1, 0.15) is 46.0 Å². The maximum absolute atomic E-state index is 11.9. The highest BCUT2D eigenvalue weighted by molar-refractivity contribution is 5.82. The largest absolute Gasteiger partial charge is 0.396 e. The highest BCUT2D eigenvalue weighted by Crippen LogP contribution is 2.39. The van der Waals surface area contributed by atoms with Gasteiger partial charge in [-0.25, -0.2) is 0 Å². The molecule has 2 fully saturated rings. The van der Waals surface area contributed by atoms with E-state index in [1.165, 1.54) is 0 Å².